The van der Waals surface area contributed by atoms with Gasteiger partial charge in [-0.25, -0.2) is 0 Å². The lowest BCUT2D eigenvalue weighted by atomic mass is 9.99. The largest absolute Gasteiger partial charge is 0.493 e. The summed E-state index contributed by atoms with van der Waals surface area (Å²) in [7, 11) is 0. The van der Waals surface area contributed by atoms with Gasteiger partial charge < -0.3 is 19.5 Å². The molecule has 0 aliphatic heterocycles. The molecule has 0 fully saturated rings. The Bertz CT molecular complexity index is 3120. The van der Waals surface area contributed by atoms with E-state index in [2.05, 4.69) is 98.1 Å². The maximum atomic E-state index is 13.8. The fraction of sp³-hybridized carbons (Fsp3) is 0.154. The molecule has 0 saturated heterocycles. The van der Waals surface area contributed by atoms with E-state index in [1.54, 1.807) is 75.7 Å². The number of aromatic hydroxyl groups is 1. The van der Waals surface area contributed by atoms with Gasteiger partial charge in [-0.3, -0.25) is 19.0 Å². The summed E-state index contributed by atoms with van der Waals surface area (Å²) in [5.41, 5.74) is 3.40. The second-order valence-corrected chi connectivity index (χ2v) is 19.5. The molecule has 1 unspecified atom stereocenters. The second-order valence-electron chi connectivity index (χ2n) is 15.2. The zero-order valence-electron chi connectivity index (χ0n) is 35.6. The van der Waals surface area contributed by atoms with E-state index in [4.69, 9.17) is 9.47 Å². The number of hydrogen-bond donors (Lipinski definition) is 1. The number of nitrogens with zero attached hydrogens (tertiary/aromatic N) is 3. The highest BCUT2D eigenvalue weighted by Gasteiger charge is 2.19. The molecule has 0 saturated carbocycles. The molecule has 1 N–H and O–H groups in total. The summed E-state index contributed by atoms with van der Waals surface area (Å²) in [4.78, 5) is 46.5. The number of rotatable bonds is 18. The summed E-state index contributed by atoms with van der Waals surface area (Å²) in [6, 6.07) is 41.8. The molecule has 0 radical (unpaired) electrons. The quantitative estimate of drug-likeness (QED) is 0.0844. The molecule has 1 atom stereocenters. The molecule has 0 aliphatic rings. The van der Waals surface area contributed by atoms with Gasteiger partial charge in [0, 0.05) is 73.1 Å². The van der Waals surface area contributed by atoms with Gasteiger partial charge in [0.05, 0.1) is 0 Å². The number of thiophene rings is 4. The van der Waals surface area contributed by atoms with Crippen molar-refractivity contribution >= 4 is 88.0 Å². The predicted molar refractivity (Wildman–Crippen MR) is 266 cm³/mol. The average molecular weight is 934 g/mol. The molecule has 5 heterocycles. The van der Waals surface area contributed by atoms with Crippen molar-refractivity contribution in [2.24, 2.45) is 5.92 Å². The summed E-state index contributed by atoms with van der Waals surface area (Å²) in [5, 5.41) is 21.5. The van der Waals surface area contributed by atoms with E-state index in [0.29, 0.717) is 36.2 Å². The maximum absolute atomic E-state index is 13.8. The van der Waals surface area contributed by atoms with Crippen molar-refractivity contribution in [1.82, 2.24) is 4.57 Å². The lowest BCUT2D eigenvalue weighted by Gasteiger charge is -2.26. The van der Waals surface area contributed by atoms with Crippen LogP contribution < -0.4 is 30.4 Å². The number of pyridine rings is 1. The van der Waals surface area contributed by atoms with Gasteiger partial charge in [0.15, 0.2) is 0 Å². The SMILES string of the molecule is C=c1c(C#N)c(O)n(CC(CC)CCCC)c(=O)/c1=C\c1ccc(-c2ccc(-c3ccc(-c4ccc(-c5ccc(N(c6ccc(OC=O)cc6)c6ccc(OC=O)cc6)cc5)s4)s3)s2)s1. The fourth-order valence-corrected chi connectivity index (χ4v) is 11.8. The molecule has 13 heteroatoms. The standard InChI is InChI=1S/C52H43N3O6S4/c1-4-6-7-34(5-2)30-54-51(58)42(33(3)43(29-53)52(54)59)28-41-20-21-45(62-41)46-24-25-49(64-46)50-27-26-48(65-50)47-23-22-44(63-47)35-8-10-36(11-9-35)55(37-12-16-39(17-13-37)60-31-56)38-14-18-40(19-15-38)61-32-57/h8-28,31-32,34,59H,3-7,30H2,1-2H3/b42-28-. The van der Waals surface area contributed by atoms with Gasteiger partial charge in [-0.2, -0.15) is 5.26 Å². The molecule has 8 aromatic rings. The summed E-state index contributed by atoms with van der Waals surface area (Å²) in [6.07, 6.45) is 5.70. The van der Waals surface area contributed by atoms with Crippen LogP contribution in [0.5, 0.6) is 17.4 Å². The number of unbranched alkanes of at least 4 members (excludes halogenated alkanes) is 1. The van der Waals surface area contributed by atoms with Crippen molar-refractivity contribution in [2.75, 3.05) is 4.90 Å². The molecule has 9 nitrogen and oxygen atoms in total. The number of carbonyl (C=O) groups excluding carboxylic acids is 2. The van der Waals surface area contributed by atoms with Crippen LogP contribution in [-0.2, 0) is 16.1 Å². The summed E-state index contributed by atoms with van der Waals surface area (Å²) in [6.45, 7) is 9.43. The van der Waals surface area contributed by atoms with Gasteiger partial charge in [-0.05, 0) is 133 Å². The van der Waals surface area contributed by atoms with E-state index in [1.165, 1.54) is 19.2 Å². The first-order valence-electron chi connectivity index (χ1n) is 21.0. The van der Waals surface area contributed by atoms with Crippen LogP contribution >= 0.6 is 45.3 Å². The van der Waals surface area contributed by atoms with Crippen molar-refractivity contribution in [2.45, 2.75) is 46.1 Å². The number of nitriles is 1. The molecular weight excluding hydrogens is 891 g/mol. The number of ether oxygens (including phenoxy) is 2. The topological polar surface area (TPSA) is 122 Å². The molecule has 0 amide bonds. The van der Waals surface area contributed by atoms with Crippen LogP contribution in [0.1, 0.15) is 50.0 Å². The minimum atomic E-state index is -0.332. The molecule has 0 aliphatic carbocycles. The number of hydrogen-bond acceptors (Lipinski definition) is 12. The summed E-state index contributed by atoms with van der Waals surface area (Å²) < 4.78 is 11.4. The van der Waals surface area contributed by atoms with Crippen LogP contribution in [0.4, 0.5) is 17.1 Å². The Balaban J connectivity index is 0.995. The highest BCUT2D eigenvalue weighted by molar-refractivity contribution is 7.29. The Kier molecular flexibility index (Phi) is 14.0. The third-order valence-electron chi connectivity index (χ3n) is 11.1. The van der Waals surface area contributed by atoms with E-state index in [1.807, 2.05) is 30.3 Å². The van der Waals surface area contributed by atoms with Crippen LogP contribution in [-0.4, -0.2) is 22.6 Å². The van der Waals surface area contributed by atoms with Gasteiger partial charge in [0.1, 0.15) is 23.1 Å². The van der Waals surface area contributed by atoms with Crippen LogP contribution in [0, 0.1) is 17.2 Å². The Morgan fingerprint density at radius 2 is 1.15 bits per heavy atom. The molecule has 0 spiro atoms. The van der Waals surface area contributed by atoms with Crippen LogP contribution in [0.3, 0.4) is 0 Å². The molecule has 3 aromatic carbocycles. The Hall–Kier alpha value is -6.82. The van der Waals surface area contributed by atoms with Crippen molar-refractivity contribution in [3.63, 3.8) is 0 Å². The summed E-state index contributed by atoms with van der Waals surface area (Å²) >= 11 is 6.79. The van der Waals surface area contributed by atoms with Crippen molar-refractivity contribution in [1.29, 1.82) is 5.26 Å². The van der Waals surface area contributed by atoms with Crippen molar-refractivity contribution in [3.05, 3.63) is 153 Å². The molecular formula is C52H43N3O6S4. The fourth-order valence-electron chi connectivity index (χ4n) is 7.60. The van der Waals surface area contributed by atoms with E-state index in [-0.39, 0.29) is 28.1 Å². The first kappa shape index (κ1) is 44.8. The van der Waals surface area contributed by atoms with Gasteiger partial charge in [-0.1, -0.05) is 51.8 Å². The van der Waals surface area contributed by atoms with Gasteiger partial charge >= 0.3 is 0 Å². The van der Waals surface area contributed by atoms with E-state index < -0.39 is 0 Å². The Labute approximate surface area is 392 Å². The normalized spacial score (nSPS) is 11.9. The second kappa shape index (κ2) is 20.3. The van der Waals surface area contributed by atoms with Crippen LogP contribution in [0.15, 0.2) is 126 Å². The number of carbonyl (C=O) groups is 2. The Morgan fingerprint density at radius 3 is 1.63 bits per heavy atom. The first-order chi connectivity index (χ1) is 31.7. The van der Waals surface area contributed by atoms with E-state index in [0.717, 1.165) is 72.7 Å². The van der Waals surface area contributed by atoms with Gasteiger partial charge in [0.2, 0.25) is 5.88 Å². The van der Waals surface area contributed by atoms with E-state index >= 15 is 0 Å². The average Bonchev–Trinajstić information content (AvgIpc) is 4.18. The van der Waals surface area contributed by atoms with Crippen molar-refractivity contribution in [3.8, 4) is 63.2 Å². The van der Waals surface area contributed by atoms with Gasteiger partial charge in [-0.15, -0.1) is 45.3 Å². The zero-order valence-corrected chi connectivity index (χ0v) is 38.8. The zero-order chi connectivity index (χ0) is 45.5. The van der Waals surface area contributed by atoms with Crippen LogP contribution in [0.2, 0.25) is 0 Å². The number of benzene rings is 3. The molecule has 0 bridgehead atoms. The Morgan fingerprint density at radius 1 is 0.692 bits per heavy atom. The third-order valence-corrected chi connectivity index (χ3v) is 16.0. The lowest BCUT2D eigenvalue weighted by molar-refractivity contribution is -0.121. The summed E-state index contributed by atoms with van der Waals surface area (Å²) in [5.74, 6) is 0.787. The molecule has 8 rings (SSSR count). The molecule has 65 heavy (non-hydrogen) atoms. The van der Waals surface area contributed by atoms with Crippen molar-refractivity contribution < 1.29 is 24.2 Å². The third kappa shape index (κ3) is 9.82. The monoisotopic (exact) mass is 933 g/mol. The molecule has 5 aromatic heterocycles. The minimum Gasteiger partial charge on any atom is -0.493 e. The van der Waals surface area contributed by atoms with Gasteiger partial charge in [0.25, 0.3) is 18.5 Å². The number of aromatic nitrogens is 1. The van der Waals surface area contributed by atoms with Crippen LogP contribution in [0.25, 0.3) is 52.4 Å². The smallest absolute Gasteiger partial charge is 0.298 e. The maximum Gasteiger partial charge on any atom is 0.298 e. The highest BCUT2D eigenvalue weighted by atomic mass is 32.1. The predicted octanol–water partition coefficient (Wildman–Crippen LogP) is 12.3. The number of anilines is 3. The molecule has 326 valence electrons. The lowest BCUT2D eigenvalue weighted by Crippen LogP contribution is -2.46. The van der Waals surface area contributed by atoms with E-state index in [9.17, 15) is 24.8 Å². The first-order valence-corrected chi connectivity index (χ1v) is 24.3. The highest BCUT2D eigenvalue weighted by Crippen LogP contribution is 2.45. The minimum absolute atomic E-state index is 0.0355.